The summed E-state index contributed by atoms with van der Waals surface area (Å²) in [6.07, 6.45) is 2.57. The third-order valence-corrected chi connectivity index (χ3v) is 4.42. The van der Waals surface area contributed by atoms with Crippen LogP contribution < -0.4 is 5.32 Å². The number of hydrogen-bond acceptors (Lipinski definition) is 3. The number of benzene rings is 1. The lowest BCUT2D eigenvalue weighted by Crippen LogP contribution is -2.34. The maximum Gasteiger partial charge on any atom is 0.0662 e. The summed E-state index contributed by atoms with van der Waals surface area (Å²) >= 11 is 0. The van der Waals surface area contributed by atoms with Crippen molar-refractivity contribution in [1.29, 1.82) is 0 Å². The number of nitrogens with one attached hydrogen (secondary N) is 1. The smallest absolute Gasteiger partial charge is 0.0662 e. The number of morpholine rings is 1. The summed E-state index contributed by atoms with van der Waals surface area (Å²) in [4.78, 5) is 2.43. The fourth-order valence-corrected chi connectivity index (χ4v) is 3.15. The summed E-state index contributed by atoms with van der Waals surface area (Å²) in [5.74, 6) is 0.737. The van der Waals surface area contributed by atoms with Gasteiger partial charge in [0.15, 0.2) is 0 Å². The third-order valence-electron chi connectivity index (χ3n) is 4.42. The lowest BCUT2D eigenvalue weighted by atomic mass is 9.88. The molecule has 2 heterocycles. The van der Waals surface area contributed by atoms with Crippen LogP contribution in [0.1, 0.15) is 35.9 Å². The van der Waals surface area contributed by atoms with Crippen molar-refractivity contribution in [3.63, 3.8) is 0 Å². The van der Waals surface area contributed by atoms with Crippen LogP contribution in [0.3, 0.4) is 0 Å². The molecule has 19 heavy (non-hydrogen) atoms. The molecule has 2 aliphatic rings. The summed E-state index contributed by atoms with van der Waals surface area (Å²) in [6, 6.07) is 9.50. The van der Waals surface area contributed by atoms with Gasteiger partial charge in [0.25, 0.3) is 0 Å². The highest BCUT2D eigenvalue weighted by Crippen LogP contribution is 2.29. The molecule has 1 N–H and O–H groups in total. The Morgan fingerprint density at radius 3 is 2.74 bits per heavy atom. The van der Waals surface area contributed by atoms with Crippen molar-refractivity contribution in [2.75, 3.05) is 39.9 Å². The molecule has 3 nitrogen and oxygen atoms in total. The molecule has 0 amide bonds. The molecular weight excluding hydrogens is 236 g/mol. The second kappa shape index (κ2) is 6.04. The van der Waals surface area contributed by atoms with E-state index >= 15 is 0 Å². The van der Waals surface area contributed by atoms with Crippen LogP contribution in [-0.4, -0.2) is 44.8 Å². The Bertz CT molecular complexity index is 407. The van der Waals surface area contributed by atoms with E-state index in [1.165, 1.54) is 37.1 Å². The van der Waals surface area contributed by atoms with E-state index in [-0.39, 0.29) is 0 Å². The van der Waals surface area contributed by atoms with Gasteiger partial charge in [-0.05, 0) is 50.0 Å². The Balaban J connectivity index is 1.72. The van der Waals surface area contributed by atoms with Crippen LogP contribution in [0.15, 0.2) is 24.3 Å². The average molecular weight is 260 g/mol. The molecule has 0 aliphatic carbocycles. The molecule has 1 unspecified atom stereocenters. The van der Waals surface area contributed by atoms with Gasteiger partial charge in [-0.2, -0.15) is 0 Å². The van der Waals surface area contributed by atoms with Gasteiger partial charge in [0, 0.05) is 6.54 Å². The van der Waals surface area contributed by atoms with Crippen LogP contribution in [0.4, 0.5) is 0 Å². The van der Waals surface area contributed by atoms with E-state index in [0.29, 0.717) is 6.04 Å². The molecule has 0 bridgehead atoms. The Hall–Kier alpha value is -0.900. The minimum Gasteiger partial charge on any atom is -0.378 e. The molecule has 2 saturated heterocycles. The van der Waals surface area contributed by atoms with E-state index in [4.69, 9.17) is 4.74 Å². The van der Waals surface area contributed by atoms with Gasteiger partial charge in [-0.15, -0.1) is 0 Å². The zero-order chi connectivity index (χ0) is 13.1. The van der Waals surface area contributed by atoms with Crippen molar-refractivity contribution in [3.8, 4) is 0 Å². The molecular formula is C16H24N2O. The third kappa shape index (κ3) is 3.16. The zero-order valence-corrected chi connectivity index (χ0v) is 11.8. The number of rotatable bonds is 2. The largest absolute Gasteiger partial charge is 0.378 e. The highest BCUT2D eigenvalue weighted by Gasteiger charge is 2.20. The number of hydrogen-bond donors (Lipinski definition) is 1. The van der Waals surface area contributed by atoms with Gasteiger partial charge >= 0.3 is 0 Å². The van der Waals surface area contributed by atoms with Gasteiger partial charge < -0.3 is 15.0 Å². The van der Waals surface area contributed by atoms with Crippen molar-refractivity contribution < 1.29 is 4.74 Å². The minimum atomic E-state index is 0.375. The molecule has 3 heteroatoms. The Kier molecular flexibility index (Phi) is 4.16. The van der Waals surface area contributed by atoms with E-state index < -0.39 is 0 Å². The van der Waals surface area contributed by atoms with Crippen LogP contribution in [0.2, 0.25) is 0 Å². The van der Waals surface area contributed by atoms with Crippen molar-refractivity contribution in [2.24, 2.45) is 0 Å². The number of nitrogens with zero attached hydrogens (tertiary/aromatic N) is 1. The number of ether oxygens (including phenoxy) is 1. The predicted octanol–water partition coefficient (Wildman–Crippen LogP) is 2.16. The minimum absolute atomic E-state index is 0.375. The first-order valence-corrected chi connectivity index (χ1v) is 7.42. The van der Waals surface area contributed by atoms with Crippen LogP contribution >= 0.6 is 0 Å². The molecule has 0 radical (unpaired) electrons. The lowest BCUT2D eigenvalue weighted by molar-refractivity contribution is 0.0768. The van der Waals surface area contributed by atoms with Gasteiger partial charge in [0.1, 0.15) is 0 Å². The summed E-state index contributed by atoms with van der Waals surface area (Å²) < 4.78 is 5.57. The van der Waals surface area contributed by atoms with Gasteiger partial charge in [0.2, 0.25) is 0 Å². The number of likely N-dealkylation sites (tertiary alicyclic amines) is 1. The molecule has 1 aromatic carbocycles. The van der Waals surface area contributed by atoms with Crippen LogP contribution in [0, 0.1) is 0 Å². The van der Waals surface area contributed by atoms with Crippen molar-refractivity contribution in [3.05, 3.63) is 35.4 Å². The molecule has 0 saturated carbocycles. The Morgan fingerprint density at radius 2 is 2.00 bits per heavy atom. The Morgan fingerprint density at radius 1 is 1.21 bits per heavy atom. The van der Waals surface area contributed by atoms with Crippen LogP contribution in [0.25, 0.3) is 0 Å². The lowest BCUT2D eigenvalue weighted by Gasteiger charge is -2.30. The number of piperidine rings is 1. The zero-order valence-electron chi connectivity index (χ0n) is 11.8. The standard InChI is InChI=1S/C16H24N2O/c1-18-8-5-13(6-9-18)14-3-2-4-15(11-14)16-12-19-10-7-17-16/h2-4,11,13,16-17H,5-10,12H2,1H3. The maximum atomic E-state index is 5.57. The van der Waals surface area contributed by atoms with Gasteiger partial charge in [-0.25, -0.2) is 0 Å². The van der Waals surface area contributed by atoms with Gasteiger partial charge in [-0.3, -0.25) is 0 Å². The van der Waals surface area contributed by atoms with Crippen LogP contribution in [0.5, 0.6) is 0 Å². The summed E-state index contributed by atoms with van der Waals surface area (Å²) in [5, 5.41) is 3.54. The quantitative estimate of drug-likeness (QED) is 0.882. The molecule has 0 aromatic heterocycles. The molecule has 2 fully saturated rings. The van der Waals surface area contributed by atoms with E-state index in [9.17, 15) is 0 Å². The van der Waals surface area contributed by atoms with Crippen molar-refractivity contribution in [2.45, 2.75) is 24.8 Å². The Labute approximate surface area is 115 Å². The first kappa shape index (κ1) is 13.1. The van der Waals surface area contributed by atoms with Crippen LogP contribution in [-0.2, 0) is 4.74 Å². The molecule has 1 aromatic rings. The fourth-order valence-electron chi connectivity index (χ4n) is 3.15. The first-order valence-electron chi connectivity index (χ1n) is 7.42. The first-order chi connectivity index (χ1) is 9.33. The monoisotopic (exact) mass is 260 g/mol. The maximum absolute atomic E-state index is 5.57. The predicted molar refractivity (Wildman–Crippen MR) is 77.5 cm³/mol. The van der Waals surface area contributed by atoms with Gasteiger partial charge in [0.05, 0.1) is 19.3 Å². The molecule has 3 rings (SSSR count). The van der Waals surface area contributed by atoms with E-state index in [1.54, 1.807) is 0 Å². The van der Waals surface area contributed by atoms with Gasteiger partial charge in [-0.1, -0.05) is 24.3 Å². The SMILES string of the molecule is CN1CCC(c2cccc(C3COCCN3)c2)CC1. The van der Waals surface area contributed by atoms with E-state index in [1.807, 2.05) is 0 Å². The fraction of sp³-hybridized carbons (Fsp3) is 0.625. The average Bonchev–Trinajstić information content (AvgIpc) is 2.49. The summed E-state index contributed by atoms with van der Waals surface area (Å²) in [5.41, 5.74) is 2.90. The van der Waals surface area contributed by atoms with E-state index in [0.717, 1.165) is 25.7 Å². The van der Waals surface area contributed by atoms with E-state index in [2.05, 4.69) is 41.5 Å². The second-order valence-corrected chi connectivity index (χ2v) is 5.83. The summed E-state index contributed by atoms with van der Waals surface area (Å²) in [7, 11) is 2.22. The highest BCUT2D eigenvalue weighted by molar-refractivity contribution is 5.29. The second-order valence-electron chi connectivity index (χ2n) is 5.83. The normalized spacial score (nSPS) is 26.5. The molecule has 104 valence electrons. The summed E-state index contributed by atoms with van der Waals surface area (Å²) in [6.45, 7) is 5.05. The molecule has 1 atom stereocenters. The molecule has 0 spiro atoms. The van der Waals surface area contributed by atoms with Crippen molar-refractivity contribution >= 4 is 0 Å². The highest BCUT2D eigenvalue weighted by atomic mass is 16.5. The molecule has 2 aliphatic heterocycles. The van der Waals surface area contributed by atoms with Crippen molar-refractivity contribution in [1.82, 2.24) is 10.2 Å². The topological polar surface area (TPSA) is 24.5 Å².